The summed E-state index contributed by atoms with van der Waals surface area (Å²) in [6.07, 6.45) is 22.7. The highest BCUT2D eigenvalue weighted by atomic mass is 16.5. The molecular weight excluding hydrogens is 897 g/mol. The molecule has 0 radical (unpaired) electrons. The number of nitrogens with zero attached hydrogens (tertiary/aromatic N) is 6. The summed E-state index contributed by atoms with van der Waals surface area (Å²) in [5, 5.41) is 14.3. The van der Waals surface area contributed by atoms with Gasteiger partial charge in [0.2, 0.25) is 11.8 Å². The van der Waals surface area contributed by atoms with Crippen LogP contribution in [0.3, 0.4) is 0 Å². The minimum absolute atomic E-state index is 0. The molecule has 5 aromatic rings. The number of rotatable bonds is 15. The number of terminal acetylenes is 2. The molecule has 16 nitrogen and oxygen atoms in total. The van der Waals surface area contributed by atoms with E-state index in [-0.39, 0.29) is 44.8 Å². The number of fused-ring (bicyclic) bond motifs is 1. The molecule has 5 N–H and O–H groups in total. The van der Waals surface area contributed by atoms with Crippen LogP contribution in [0.4, 0.5) is 9.59 Å². The molecule has 384 valence electrons. The van der Waals surface area contributed by atoms with Crippen LogP contribution in [0.15, 0.2) is 73.1 Å². The number of alkyl carbamates (subject to hydrolysis) is 1. The zero-order chi connectivity index (χ0) is 52.8. The number of imidazole rings is 2. The lowest BCUT2D eigenvalue weighted by molar-refractivity contribution is -0.133. The summed E-state index contributed by atoms with van der Waals surface area (Å²) in [6, 6.07) is 22.6. The number of nitrogens with one attached hydrogen (secondary N) is 3. The fourth-order valence-electron chi connectivity index (χ4n) is 6.28. The average molecular weight is 975 g/mol. The topological polar surface area (TPSA) is 216 Å². The van der Waals surface area contributed by atoms with Gasteiger partial charge in [-0.15, -0.1) is 25.7 Å². The molecule has 0 aliphatic heterocycles. The van der Waals surface area contributed by atoms with E-state index in [1.165, 1.54) is 32.0 Å². The summed E-state index contributed by atoms with van der Waals surface area (Å²) in [4.78, 5) is 67.8. The number of carbonyl (C=O) groups is 4. The molecule has 71 heavy (non-hydrogen) atoms. The van der Waals surface area contributed by atoms with Gasteiger partial charge in [-0.3, -0.25) is 9.59 Å². The van der Waals surface area contributed by atoms with E-state index in [2.05, 4.69) is 152 Å². The second kappa shape index (κ2) is 33.8. The molecule has 0 saturated heterocycles. The molecule has 6 rings (SSSR count). The Labute approximate surface area is 423 Å². The third-order valence-corrected chi connectivity index (χ3v) is 9.78. The third-order valence-electron chi connectivity index (χ3n) is 9.78. The predicted molar refractivity (Wildman–Crippen MR) is 286 cm³/mol. The first kappa shape index (κ1) is 63.4. The van der Waals surface area contributed by atoms with Crippen molar-refractivity contribution in [3.63, 3.8) is 0 Å². The Morgan fingerprint density at radius 2 is 1.21 bits per heavy atom. The Hall–Kier alpha value is -7.61. The van der Waals surface area contributed by atoms with Crippen LogP contribution >= 0.6 is 0 Å². The maximum atomic E-state index is 13.0. The highest BCUT2D eigenvalue weighted by Crippen LogP contribution is 2.45. The SMILES string of the molecule is C.C#C.C#C.CC(C)C.CCC.CCC.COC(=O)NCC(=O)N(Cc1ncc(-c2ccc(-c3ccc4cc(-c5cnc(CN(CCC#N)C(=O)CN(N)C(=O)OC)[nH]5)ccc4c3)cc2)[nH]1)CC1(C)CC1. The third kappa shape index (κ3) is 22.1. The molecule has 0 bridgehead atoms. The summed E-state index contributed by atoms with van der Waals surface area (Å²) >= 11 is 0. The van der Waals surface area contributed by atoms with Crippen LogP contribution in [0.5, 0.6) is 0 Å². The highest BCUT2D eigenvalue weighted by Gasteiger charge is 2.40. The van der Waals surface area contributed by atoms with Crippen molar-refractivity contribution in [2.75, 3.05) is 40.4 Å². The first-order chi connectivity index (χ1) is 33.5. The molecule has 0 atom stereocenters. The van der Waals surface area contributed by atoms with Gasteiger partial charge in [-0.2, -0.15) is 5.26 Å². The van der Waals surface area contributed by atoms with Crippen LogP contribution in [-0.2, 0) is 32.2 Å². The Kier molecular flexibility index (Phi) is 30.2. The van der Waals surface area contributed by atoms with Gasteiger partial charge in [-0.05, 0) is 63.8 Å². The van der Waals surface area contributed by atoms with Crippen LogP contribution in [0.25, 0.3) is 44.4 Å². The predicted octanol–water partition coefficient (Wildman–Crippen LogP) is 10.6. The fourth-order valence-corrected chi connectivity index (χ4v) is 6.28. The zero-order valence-electron chi connectivity index (χ0n) is 42.8. The summed E-state index contributed by atoms with van der Waals surface area (Å²) in [6.45, 7) is 17.7. The lowest BCUT2D eigenvalue weighted by atomic mass is 9.98. The Balaban J connectivity index is 0.00000294. The number of aromatic nitrogens is 4. The molecule has 1 aliphatic carbocycles. The van der Waals surface area contributed by atoms with E-state index < -0.39 is 24.6 Å². The standard InChI is InChI=1S/C40H44N10O6.C4H10.2C3H8.2C2H2.CH4/c1-40(13-14-40)25-49(36(51)21-45-38(53)55-2)23-35-43-19-32(46-35)27-7-5-26(6-8-27)28-9-10-30-18-31(12-11-29(30)17-28)33-20-44-34(47-33)22-48(16-4-15-41)37(52)24-50(42)39(54)56-3;1-4(2)3;2*1-3-2;2*1-2;/h5-12,17-20H,4,13-14,16,21-25,42H2,1-3H3,(H,43,46)(H,44,47)(H,45,53);4H,1-3H3;2*3H2,1-2H3;2*1-2H;1H4. The number of amides is 4. The van der Waals surface area contributed by atoms with E-state index >= 15 is 0 Å². The van der Waals surface area contributed by atoms with E-state index in [0.29, 0.717) is 29.7 Å². The number of nitrogens with two attached hydrogens (primary N) is 1. The van der Waals surface area contributed by atoms with Gasteiger partial charge in [0, 0.05) is 18.7 Å². The van der Waals surface area contributed by atoms with E-state index in [1.54, 1.807) is 17.3 Å². The lowest BCUT2D eigenvalue weighted by Crippen LogP contribution is -2.46. The van der Waals surface area contributed by atoms with Crippen molar-refractivity contribution in [1.82, 2.24) is 40.1 Å². The van der Waals surface area contributed by atoms with Crippen molar-refractivity contribution in [1.29, 1.82) is 5.26 Å². The van der Waals surface area contributed by atoms with Crippen molar-refractivity contribution < 1.29 is 28.7 Å². The van der Waals surface area contributed by atoms with Crippen LogP contribution < -0.4 is 11.2 Å². The molecule has 2 aromatic heterocycles. The Morgan fingerprint density at radius 3 is 1.69 bits per heavy atom. The van der Waals surface area contributed by atoms with Crippen molar-refractivity contribution in [2.45, 2.75) is 108 Å². The van der Waals surface area contributed by atoms with E-state index in [1.807, 2.05) is 30.3 Å². The average Bonchev–Trinajstić information content (AvgIpc) is 3.65. The van der Waals surface area contributed by atoms with Crippen LogP contribution in [0.2, 0.25) is 0 Å². The fraction of sp³-hybridized carbons (Fsp3) is 0.436. The largest absolute Gasteiger partial charge is 0.453 e. The number of benzene rings is 3. The van der Waals surface area contributed by atoms with Gasteiger partial charge < -0.3 is 34.6 Å². The zero-order valence-corrected chi connectivity index (χ0v) is 42.8. The number of aromatic amines is 2. The minimum atomic E-state index is -0.845. The summed E-state index contributed by atoms with van der Waals surface area (Å²) in [5.41, 5.74) is 5.64. The quantitative estimate of drug-likeness (QED) is 0.0337. The molecule has 2 heterocycles. The van der Waals surface area contributed by atoms with Crippen LogP contribution in [0.1, 0.15) is 107 Å². The molecular formula is C55H78N10O6. The van der Waals surface area contributed by atoms with Crippen LogP contribution in [-0.4, -0.2) is 99.1 Å². The van der Waals surface area contributed by atoms with Gasteiger partial charge >= 0.3 is 12.2 Å². The first-order valence-electron chi connectivity index (χ1n) is 23.3. The minimum Gasteiger partial charge on any atom is -0.453 e. The van der Waals surface area contributed by atoms with Gasteiger partial charge in [-0.1, -0.05) is 124 Å². The number of methoxy groups -OCH3 is 2. The van der Waals surface area contributed by atoms with E-state index in [4.69, 9.17) is 11.1 Å². The van der Waals surface area contributed by atoms with Crippen molar-refractivity contribution >= 4 is 34.8 Å². The van der Waals surface area contributed by atoms with Gasteiger partial charge in [0.15, 0.2) is 0 Å². The van der Waals surface area contributed by atoms with Crippen LogP contribution in [0, 0.1) is 48.4 Å². The van der Waals surface area contributed by atoms with Crippen molar-refractivity contribution in [3.05, 3.63) is 84.7 Å². The highest BCUT2D eigenvalue weighted by molar-refractivity contribution is 5.90. The number of hydrazine groups is 1. The summed E-state index contributed by atoms with van der Waals surface area (Å²) in [5.74, 6) is 6.99. The number of hydrogen-bond donors (Lipinski definition) is 4. The number of nitriles is 1. The van der Waals surface area contributed by atoms with Gasteiger partial charge in [0.1, 0.15) is 24.7 Å². The van der Waals surface area contributed by atoms with Gasteiger partial charge in [-0.25, -0.2) is 30.4 Å². The molecule has 1 saturated carbocycles. The second-order valence-electron chi connectivity index (χ2n) is 17.2. The lowest BCUT2D eigenvalue weighted by Gasteiger charge is -2.25. The molecule has 16 heteroatoms. The summed E-state index contributed by atoms with van der Waals surface area (Å²) in [7, 11) is 2.43. The maximum Gasteiger partial charge on any atom is 0.424 e. The monoisotopic (exact) mass is 975 g/mol. The van der Waals surface area contributed by atoms with E-state index in [0.717, 1.165) is 63.2 Å². The number of carbonyl (C=O) groups excluding carboxylic acids is 4. The van der Waals surface area contributed by atoms with Crippen molar-refractivity contribution in [2.24, 2.45) is 17.2 Å². The van der Waals surface area contributed by atoms with E-state index in [9.17, 15) is 19.2 Å². The van der Waals surface area contributed by atoms with Crippen molar-refractivity contribution in [3.8, 4) is 65.4 Å². The normalized spacial score (nSPS) is 11.1. The second-order valence-corrected chi connectivity index (χ2v) is 17.2. The smallest absolute Gasteiger partial charge is 0.424 e. The Morgan fingerprint density at radius 1 is 0.761 bits per heavy atom. The summed E-state index contributed by atoms with van der Waals surface area (Å²) < 4.78 is 9.17. The molecule has 3 aromatic carbocycles. The number of H-pyrrole nitrogens is 2. The Bertz CT molecular complexity index is 2430. The molecule has 0 spiro atoms. The molecule has 0 unspecified atom stereocenters. The first-order valence-corrected chi connectivity index (χ1v) is 23.3. The maximum absolute atomic E-state index is 13.0. The number of hydrogen-bond acceptors (Lipinski definition) is 10. The molecule has 1 fully saturated rings. The van der Waals surface area contributed by atoms with Gasteiger partial charge in [0.05, 0.1) is 63.6 Å². The van der Waals surface area contributed by atoms with Gasteiger partial charge in [0.25, 0.3) is 0 Å². The molecule has 1 aliphatic rings. The molecule has 4 amide bonds. The number of ether oxygens (including phenoxy) is 2.